The molecule has 0 radical (unpaired) electrons. The molecule has 25 heavy (non-hydrogen) atoms. The van der Waals surface area contributed by atoms with E-state index in [4.69, 9.17) is 5.11 Å². The smallest absolute Gasteiger partial charge is 0.321 e. The number of hydrogen-bond donors (Lipinski definition) is 3. The first kappa shape index (κ1) is 18.7. The van der Waals surface area contributed by atoms with Crippen molar-refractivity contribution in [3.05, 3.63) is 29.6 Å². The van der Waals surface area contributed by atoms with Crippen molar-refractivity contribution in [3.63, 3.8) is 0 Å². The highest BCUT2D eigenvalue weighted by Crippen LogP contribution is 2.24. The highest BCUT2D eigenvalue weighted by molar-refractivity contribution is 5.99. The van der Waals surface area contributed by atoms with Gasteiger partial charge in [0, 0.05) is 18.8 Å². The Labute approximate surface area is 145 Å². The molecule has 1 aromatic carbocycles. The largest absolute Gasteiger partial charge is 0.481 e. The lowest BCUT2D eigenvalue weighted by molar-refractivity contribution is -0.138. The maximum absolute atomic E-state index is 14.2. The van der Waals surface area contributed by atoms with Crippen LogP contribution in [0.1, 0.15) is 43.5 Å². The van der Waals surface area contributed by atoms with Crippen molar-refractivity contribution in [2.45, 2.75) is 38.6 Å². The number of carbonyl (C=O) groups is 3. The van der Waals surface area contributed by atoms with Crippen LogP contribution < -0.4 is 15.5 Å². The molecule has 0 saturated carbocycles. The van der Waals surface area contributed by atoms with E-state index in [2.05, 4.69) is 10.6 Å². The maximum atomic E-state index is 14.2. The predicted molar refractivity (Wildman–Crippen MR) is 90.2 cm³/mol. The summed E-state index contributed by atoms with van der Waals surface area (Å²) in [6.45, 7) is 4.45. The molecule has 1 aliphatic rings. The van der Waals surface area contributed by atoms with Gasteiger partial charge in [-0.2, -0.15) is 0 Å². The fourth-order valence-corrected chi connectivity index (χ4v) is 2.89. The molecule has 1 aromatic rings. The second-order valence-electron chi connectivity index (χ2n) is 6.06. The lowest BCUT2D eigenvalue weighted by Crippen LogP contribution is -2.49. The van der Waals surface area contributed by atoms with E-state index in [1.165, 1.54) is 17.0 Å². The van der Waals surface area contributed by atoms with Crippen molar-refractivity contribution in [2.24, 2.45) is 0 Å². The number of nitrogens with one attached hydrogen (secondary N) is 2. The fourth-order valence-electron chi connectivity index (χ4n) is 2.89. The van der Waals surface area contributed by atoms with E-state index >= 15 is 0 Å². The number of rotatable bonds is 7. The molecule has 7 nitrogen and oxygen atoms in total. The normalized spacial score (nSPS) is 14.4. The molecule has 1 heterocycles. The van der Waals surface area contributed by atoms with E-state index in [-0.39, 0.29) is 18.0 Å². The Bertz CT molecular complexity index is 688. The Morgan fingerprint density at radius 1 is 1.36 bits per heavy atom. The summed E-state index contributed by atoms with van der Waals surface area (Å²) in [5.41, 5.74) is -0.747. The van der Waals surface area contributed by atoms with Gasteiger partial charge in [-0.15, -0.1) is 0 Å². The Hall–Kier alpha value is -2.64. The van der Waals surface area contributed by atoms with Gasteiger partial charge in [-0.1, -0.05) is 13.8 Å². The van der Waals surface area contributed by atoms with Gasteiger partial charge in [-0.25, -0.2) is 9.18 Å². The van der Waals surface area contributed by atoms with Gasteiger partial charge in [0.15, 0.2) is 0 Å². The zero-order chi connectivity index (χ0) is 18.6. The number of amides is 3. The fraction of sp³-hybridized carbons (Fsp3) is 0.471. The first-order valence-corrected chi connectivity index (χ1v) is 8.21. The van der Waals surface area contributed by atoms with Gasteiger partial charge in [0.1, 0.15) is 5.82 Å². The second kappa shape index (κ2) is 7.50. The average Bonchev–Trinajstić information content (AvgIpc) is 3.00. The number of carboxylic acid groups (broad SMARTS) is 1. The number of anilines is 1. The first-order chi connectivity index (χ1) is 11.8. The summed E-state index contributed by atoms with van der Waals surface area (Å²) in [6.07, 6.45) is 0.552. The number of benzene rings is 1. The summed E-state index contributed by atoms with van der Waals surface area (Å²) < 4.78 is 14.2. The summed E-state index contributed by atoms with van der Waals surface area (Å²) in [7, 11) is 0. The third-order valence-corrected chi connectivity index (χ3v) is 4.58. The quantitative estimate of drug-likeness (QED) is 0.701. The number of halogens is 1. The van der Waals surface area contributed by atoms with Crippen LogP contribution in [0, 0.1) is 5.82 Å². The topological polar surface area (TPSA) is 98.7 Å². The van der Waals surface area contributed by atoms with Crippen molar-refractivity contribution >= 4 is 23.6 Å². The highest BCUT2D eigenvalue weighted by atomic mass is 19.1. The molecule has 0 aromatic heterocycles. The minimum atomic E-state index is -1.04. The van der Waals surface area contributed by atoms with Crippen LogP contribution in [0.3, 0.4) is 0 Å². The zero-order valence-electron chi connectivity index (χ0n) is 14.3. The molecule has 0 unspecified atom stereocenters. The Kier molecular flexibility index (Phi) is 5.61. The summed E-state index contributed by atoms with van der Waals surface area (Å²) in [4.78, 5) is 36.8. The first-order valence-electron chi connectivity index (χ1n) is 8.21. The molecule has 3 amide bonds. The molecule has 0 bridgehead atoms. The van der Waals surface area contributed by atoms with E-state index in [1.54, 1.807) is 13.8 Å². The summed E-state index contributed by atoms with van der Waals surface area (Å²) in [6, 6.07) is 3.57. The Morgan fingerprint density at radius 3 is 2.56 bits per heavy atom. The molecule has 1 aliphatic heterocycles. The van der Waals surface area contributed by atoms with E-state index in [1.807, 2.05) is 0 Å². The third-order valence-electron chi connectivity index (χ3n) is 4.58. The van der Waals surface area contributed by atoms with Gasteiger partial charge in [0.05, 0.1) is 17.5 Å². The Morgan fingerprint density at radius 2 is 2.04 bits per heavy atom. The minimum Gasteiger partial charge on any atom is -0.481 e. The average molecular weight is 351 g/mol. The van der Waals surface area contributed by atoms with Crippen LogP contribution in [0.25, 0.3) is 0 Å². The summed E-state index contributed by atoms with van der Waals surface area (Å²) >= 11 is 0. The van der Waals surface area contributed by atoms with E-state index in [0.29, 0.717) is 31.6 Å². The molecule has 0 aliphatic carbocycles. The molecule has 8 heteroatoms. The molecular weight excluding hydrogens is 329 g/mol. The van der Waals surface area contributed by atoms with Crippen LogP contribution in [0.5, 0.6) is 0 Å². The van der Waals surface area contributed by atoms with E-state index < -0.39 is 23.2 Å². The van der Waals surface area contributed by atoms with Crippen LogP contribution in [0.15, 0.2) is 18.2 Å². The van der Waals surface area contributed by atoms with Crippen LogP contribution in [-0.2, 0) is 4.79 Å². The van der Waals surface area contributed by atoms with Gasteiger partial charge < -0.3 is 15.7 Å². The van der Waals surface area contributed by atoms with E-state index in [9.17, 15) is 18.8 Å². The molecule has 0 atom stereocenters. The lowest BCUT2D eigenvalue weighted by Gasteiger charge is -2.31. The lowest BCUT2D eigenvalue weighted by atomic mass is 9.88. The van der Waals surface area contributed by atoms with E-state index in [0.717, 1.165) is 6.07 Å². The highest BCUT2D eigenvalue weighted by Gasteiger charge is 2.32. The van der Waals surface area contributed by atoms with Crippen LogP contribution in [0.2, 0.25) is 0 Å². The zero-order valence-corrected chi connectivity index (χ0v) is 14.3. The number of hydrogen-bond acceptors (Lipinski definition) is 3. The van der Waals surface area contributed by atoms with Gasteiger partial charge in [-0.3, -0.25) is 14.5 Å². The van der Waals surface area contributed by atoms with Gasteiger partial charge in [0.2, 0.25) is 0 Å². The predicted octanol–water partition coefficient (Wildman–Crippen LogP) is 2.12. The van der Waals surface area contributed by atoms with Gasteiger partial charge >= 0.3 is 12.0 Å². The summed E-state index contributed by atoms with van der Waals surface area (Å²) in [5, 5.41) is 14.4. The number of carboxylic acids is 1. The molecule has 1 saturated heterocycles. The van der Waals surface area contributed by atoms with Crippen LogP contribution in [-0.4, -0.2) is 41.6 Å². The second-order valence-corrected chi connectivity index (χ2v) is 6.06. The van der Waals surface area contributed by atoms with Gasteiger partial charge in [-0.05, 0) is 31.0 Å². The van der Waals surface area contributed by atoms with Crippen molar-refractivity contribution in [3.8, 4) is 0 Å². The van der Waals surface area contributed by atoms with Crippen LogP contribution >= 0.6 is 0 Å². The molecule has 2 rings (SSSR count). The van der Waals surface area contributed by atoms with Crippen molar-refractivity contribution < 1.29 is 23.9 Å². The number of urea groups is 1. The SMILES string of the molecule is CCC(CC)(CC(=O)O)NC(=O)c1cc(N2CCNC2=O)ccc1F. The number of nitrogens with zero attached hydrogens (tertiary/aromatic N) is 1. The monoisotopic (exact) mass is 351 g/mol. The maximum Gasteiger partial charge on any atom is 0.321 e. The molecule has 1 fully saturated rings. The molecule has 3 N–H and O–H groups in total. The molecular formula is C17H22FN3O4. The number of carbonyl (C=O) groups excluding carboxylic acids is 2. The van der Waals surface area contributed by atoms with Crippen LogP contribution in [0.4, 0.5) is 14.9 Å². The van der Waals surface area contributed by atoms with Crippen molar-refractivity contribution in [1.29, 1.82) is 0 Å². The summed E-state index contributed by atoms with van der Waals surface area (Å²) in [5.74, 6) is -2.45. The molecule has 0 spiro atoms. The molecule has 136 valence electrons. The minimum absolute atomic E-state index is 0.214. The Balaban J connectivity index is 2.28. The van der Waals surface area contributed by atoms with Crippen molar-refractivity contribution in [1.82, 2.24) is 10.6 Å². The number of aliphatic carboxylic acids is 1. The standard InChI is InChI=1S/C17H22FN3O4/c1-3-17(4-2,10-14(22)23)20-15(24)12-9-11(5-6-13(12)18)21-8-7-19-16(21)25/h5-6,9H,3-4,7-8,10H2,1-2H3,(H,19,25)(H,20,24)(H,22,23). The third kappa shape index (κ3) is 4.07. The van der Waals surface area contributed by atoms with Crippen molar-refractivity contribution in [2.75, 3.05) is 18.0 Å². The van der Waals surface area contributed by atoms with Gasteiger partial charge in [0.25, 0.3) is 5.91 Å².